The van der Waals surface area contributed by atoms with Crippen molar-refractivity contribution in [3.8, 4) is 12.3 Å². The molecule has 5 heteroatoms. The summed E-state index contributed by atoms with van der Waals surface area (Å²) in [7, 11) is 0. The fourth-order valence-electron chi connectivity index (χ4n) is 2.12. The number of nitrogens with one attached hydrogen (secondary N) is 1. The van der Waals surface area contributed by atoms with Gasteiger partial charge in [-0.3, -0.25) is 4.79 Å². The lowest BCUT2D eigenvalue weighted by atomic mass is 9.94. The Kier molecular flexibility index (Phi) is 5.50. The summed E-state index contributed by atoms with van der Waals surface area (Å²) < 4.78 is 0. The number of carbonyl (C=O) groups excluding carboxylic acids is 1. The lowest BCUT2D eigenvalue weighted by molar-refractivity contribution is -0.138. The molecule has 0 aromatic carbocycles. The maximum Gasteiger partial charge on any atom is 0.317 e. The smallest absolute Gasteiger partial charge is 0.317 e. The van der Waals surface area contributed by atoms with Gasteiger partial charge >= 0.3 is 12.0 Å². The second kappa shape index (κ2) is 6.90. The Balaban J connectivity index is 2.32. The zero-order chi connectivity index (χ0) is 13.5. The Labute approximate surface area is 108 Å². The summed E-state index contributed by atoms with van der Waals surface area (Å²) in [6.07, 6.45) is 7.40. The number of likely N-dealkylation sites (tertiary alicyclic amines) is 1. The van der Waals surface area contributed by atoms with Crippen molar-refractivity contribution in [2.45, 2.75) is 38.6 Å². The van der Waals surface area contributed by atoms with Gasteiger partial charge in [-0.05, 0) is 25.7 Å². The highest BCUT2D eigenvalue weighted by Gasteiger charge is 2.24. The van der Waals surface area contributed by atoms with Crippen LogP contribution in [0.15, 0.2) is 0 Å². The Morgan fingerprint density at radius 3 is 2.61 bits per heavy atom. The summed E-state index contributed by atoms with van der Waals surface area (Å²) in [4.78, 5) is 24.2. The van der Waals surface area contributed by atoms with Crippen molar-refractivity contribution < 1.29 is 14.7 Å². The Morgan fingerprint density at radius 1 is 1.50 bits per heavy atom. The van der Waals surface area contributed by atoms with Gasteiger partial charge < -0.3 is 15.3 Å². The van der Waals surface area contributed by atoms with Gasteiger partial charge in [0.2, 0.25) is 0 Å². The molecule has 5 nitrogen and oxygen atoms in total. The summed E-state index contributed by atoms with van der Waals surface area (Å²) in [6, 6.07) is -0.134. The lowest BCUT2D eigenvalue weighted by Gasteiger charge is -2.32. The largest absolute Gasteiger partial charge is 0.481 e. The molecule has 1 fully saturated rings. The number of carboxylic acid groups (broad SMARTS) is 1. The average molecular weight is 252 g/mol. The van der Waals surface area contributed by atoms with Gasteiger partial charge in [0.1, 0.15) is 0 Å². The van der Waals surface area contributed by atoms with E-state index in [1.54, 1.807) is 4.90 Å². The highest BCUT2D eigenvalue weighted by molar-refractivity contribution is 5.74. The average Bonchev–Trinajstić information content (AvgIpc) is 2.29. The Hall–Kier alpha value is -1.70. The molecule has 0 aromatic rings. The van der Waals surface area contributed by atoms with E-state index in [4.69, 9.17) is 11.5 Å². The van der Waals surface area contributed by atoms with Crippen LogP contribution in [0.25, 0.3) is 0 Å². The van der Waals surface area contributed by atoms with E-state index in [0.29, 0.717) is 19.5 Å². The molecule has 0 bridgehead atoms. The van der Waals surface area contributed by atoms with E-state index < -0.39 is 5.97 Å². The Morgan fingerprint density at radius 2 is 2.11 bits per heavy atom. The van der Waals surface area contributed by atoms with Crippen molar-refractivity contribution in [1.82, 2.24) is 10.2 Å². The minimum Gasteiger partial charge on any atom is -0.481 e. The first-order valence-electron chi connectivity index (χ1n) is 6.23. The third kappa shape index (κ3) is 4.66. The lowest BCUT2D eigenvalue weighted by Crippen LogP contribution is -2.47. The van der Waals surface area contributed by atoms with Gasteiger partial charge in [0.05, 0.1) is 0 Å². The second-order valence-electron chi connectivity index (χ2n) is 4.79. The molecular weight excluding hydrogens is 232 g/mol. The number of rotatable bonds is 4. The fraction of sp³-hybridized carbons (Fsp3) is 0.692. The van der Waals surface area contributed by atoms with Crippen LogP contribution in [0.5, 0.6) is 0 Å². The number of amides is 2. The number of nitrogens with zero attached hydrogens (tertiary/aromatic N) is 1. The van der Waals surface area contributed by atoms with Crippen LogP contribution in [0.3, 0.4) is 0 Å². The molecule has 0 radical (unpaired) electrons. The van der Waals surface area contributed by atoms with Crippen LogP contribution >= 0.6 is 0 Å². The molecule has 1 atom stereocenters. The summed E-state index contributed by atoms with van der Waals surface area (Å²) in [5.74, 6) is 1.93. The maximum absolute atomic E-state index is 11.8. The number of hydrogen-bond donors (Lipinski definition) is 2. The van der Waals surface area contributed by atoms with Crippen molar-refractivity contribution >= 4 is 12.0 Å². The number of aliphatic carboxylic acids is 1. The number of carboxylic acids is 1. The van der Waals surface area contributed by atoms with E-state index >= 15 is 0 Å². The number of urea groups is 1. The van der Waals surface area contributed by atoms with Crippen molar-refractivity contribution in [3.05, 3.63) is 0 Å². The molecule has 1 aliphatic rings. The molecule has 1 unspecified atom stereocenters. The molecule has 0 saturated carbocycles. The van der Waals surface area contributed by atoms with Gasteiger partial charge in [-0.25, -0.2) is 4.79 Å². The molecule has 2 amide bonds. The first kappa shape index (κ1) is 14.4. The quantitative estimate of drug-likeness (QED) is 0.741. The molecular formula is C13H20N2O3. The summed E-state index contributed by atoms with van der Waals surface area (Å²) in [6.45, 7) is 3.11. The molecule has 1 aliphatic heterocycles. The summed E-state index contributed by atoms with van der Waals surface area (Å²) >= 11 is 0. The highest BCUT2D eigenvalue weighted by atomic mass is 16.4. The van der Waals surface area contributed by atoms with Gasteiger partial charge in [-0.1, -0.05) is 0 Å². The molecule has 18 heavy (non-hydrogen) atoms. The molecule has 1 saturated heterocycles. The Bertz CT molecular complexity index is 341. The monoisotopic (exact) mass is 252 g/mol. The van der Waals surface area contributed by atoms with Crippen LogP contribution in [0.1, 0.15) is 32.6 Å². The zero-order valence-electron chi connectivity index (χ0n) is 10.7. The van der Waals surface area contributed by atoms with Crippen molar-refractivity contribution in [2.75, 3.05) is 13.1 Å². The minimum atomic E-state index is -0.763. The van der Waals surface area contributed by atoms with E-state index in [0.717, 1.165) is 12.8 Å². The first-order chi connectivity index (χ1) is 8.52. The van der Waals surface area contributed by atoms with E-state index in [9.17, 15) is 9.59 Å². The van der Waals surface area contributed by atoms with E-state index in [2.05, 4.69) is 11.2 Å². The van der Waals surface area contributed by atoms with Crippen LogP contribution in [-0.4, -0.2) is 41.1 Å². The highest BCUT2D eigenvalue weighted by Crippen LogP contribution is 2.20. The van der Waals surface area contributed by atoms with Gasteiger partial charge in [-0.15, -0.1) is 12.3 Å². The van der Waals surface area contributed by atoms with Crippen LogP contribution < -0.4 is 5.32 Å². The number of terminal acetylenes is 1. The molecule has 2 N–H and O–H groups in total. The van der Waals surface area contributed by atoms with E-state index in [1.165, 1.54) is 0 Å². The van der Waals surface area contributed by atoms with Crippen molar-refractivity contribution in [1.29, 1.82) is 0 Å². The van der Waals surface area contributed by atoms with E-state index in [1.807, 2.05) is 6.92 Å². The molecule has 0 aliphatic carbocycles. The third-order valence-corrected chi connectivity index (χ3v) is 3.16. The normalized spacial score (nSPS) is 17.9. The summed E-state index contributed by atoms with van der Waals surface area (Å²) in [5, 5.41) is 11.5. The second-order valence-corrected chi connectivity index (χ2v) is 4.79. The number of piperidine rings is 1. The van der Waals surface area contributed by atoms with Crippen LogP contribution in [-0.2, 0) is 4.79 Å². The molecule has 0 aromatic heterocycles. The van der Waals surface area contributed by atoms with Gasteiger partial charge in [-0.2, -0.15) is 0 Å². The molecule has 0 spiro atoms. The number of hydrogen-bond acceptors (Lipinski definition) is 2. The topological polar surface area (TPSA) is 69.6 Å². The zero-order valence-corrected chi connectivity index (χ0v) is 10.7. The molecule has 1 rings (SSSR count). The van der Waals surface area contributed by atoms with Gasteiger partial charge in [0.15, 0.2) is 0 Å². The molecule has 100 valence electrons. The van der Waals surface area contributed by atoms with Crippen LogP contribution in [0.2, 0.25) is 0 Å². The predicted octanol–water partition coefficient (Wildman–Crippen LogP) is 1.29. The number of carbonyl (C=O) groups is 2. The minimum absolute atomic E-state index is 0.0285. The van der Waals surface area contributed by atoms with Crippen LogP contribution in [0.4, 0.5) is 4.79 Å². The first-order valence-corrected chi connectivity index (χ1v) is 6.23. The van der Waals surface area contributed by atoms with Crippen molar-refractivity contribution in [2.24, 2.45) is 5.92 Å². The summed E-state index contributed by atoms with van der Waals surface area (Å²) in [5.41, 5.74) is 0. The SMILES string of the molecule is C#CCC(C)NC(=O)N1CCC(CC(=O)O)CC1. The third-order valence-electron chi connectivity index (χ3n) is 3.16. The standard InChI is InChI=1S/C13H20N2O3/c1-3-4-10(2)14-13(18)15-7-5-11(6-8-15)9-12(16)17/h1,10-11H,4-9H2,2H3,(H,14,18)(H,16,17). The van der Waals surface area contributed by atoms with Crippen molar-refractivity contribution in [3.63, 3.8) is 0 Å². The maximum atomic E-state index is 11.8. The van der Waals surface area contributed by atoms with Gasteiger partial charge in [0, 0.05) is 32.0 Å². The van der Waals surface area contributed by atoms with Crippen LogP contribution in [0, 0.1) is 18.3 Å². The van der Waals surface area contributed by atoms with Gasteiger partial charge in [0.25, 0.3) is 0 Å². The fourth-order valence-corrected chi connectivity index (χ4v) is 2.12. The van der Waals surface area contributed by atoms with E-state index in [-0.39, 0.29) is 24.4 Å². The predicted molar refractivity (Wildman–Crippen MR) is 68.0 cm³/mol. The molecule has 1 heterocycles.